The molecule has 1 aliphatic heterocycles. The minimum absolute atomic E-state index is 0.619. The van der Waals surface area contributed by atoms with Crippen molar-refractivity contribution in [3.05, 3.63) is 15.6 Å². The molecule has 4 nitrogen and oxygen atoms in total. The second-order valence-electron chi connectivity index (χ2n) is 5.74. The molecule has 0 aliphatic carbocycles. The van der Waals surface area contributed by atoms with E-state index in [9.17, 15) is 0 Å². The molecule has 0 spiro atoms. The van der Waals surface area contributed by atoms with E-state index in [1.165, 1.54) is 35.8 Å². The number of piperidine rings is 1. The highest BCUT2D eigenvalue weighted by Crippen LogP contribution is 2.21. The van der Waals surface area contributed by atoms with E-state index < -0.39 is 0 Å². The fourth-order valence-electron chi connectivity index (χ4n) is 2.84. The molecule has 1 aromatic heterocycles. The lowest BCUT2D eigenvalue weighted by Gasteiger charge is -2.30. The molecule has 2 heterocycles. The van der Waals surface area contributed by atoms with Crippen LogP contribution in [0, 0.1) is 5.92 Å². The molecule has 1 atom stereocenters. The number of likely N-dealkylation sites (tertiary alicyclic amines) is 1. The molecule has 1 fully saturated rings. The van der Waals surface area contributed by atoms with E-state index in [0.717, 1.165) is 31.1 Å². The molecule has 0 saturated carbocycles. The van der Waals surface area contributed by atoms with Gasteiger partial charge in [0.15, 0.2) is 0 Å². The number of methoxy groups -OCH3 is 1. The Morgan fingerprint density at radius 1 is 1.50 bits per heavy atom. The van der Waals surface area contributed by atoms with Gasteiger partial charge in [-0.25, -0.2) is 4.98 Å². The first-order chi connectivity index (χ1) is 9.72. The van der Waals surface area contributed by atoms with E-state index in [4.69, 9.17) is 9.72 Å². The van der Waals surface area contributed by atoms with E-state index in [1.54, 1.807) is 7.11 Å². The van der Waals surface area contributed by atoms with Crippen LogP contribution in [0.3, 0.4) is 0 Å². The zero-order valence-electron chi connectivity index (χ0n) is 12.9. The van der Waals surface area contributed by atoms with Crippen LogP contribution in [0.5, 0.6) is 0 Å². The lowest BCUT2D eigenvalue weighted by Crippen LogP contribution is -2.35. The minimum atomic E-state index is 0.619. The van der Waals surface area contributed by atoms with Crippen LogP contribution in [0.1, 0.15) is 35.3 Å². The number of nitrogens with one attached hydrogen (secondary N) is 1. The number of aromatic nitrogens is 1. The number of nitrogens with zero attached hydrogens (tertiary/aromatic N) is 2. The predicted molar refractivity (Wildman–Crippen MR) is 84.1 cm³/mol. The summed E-state index contributed by atoms with van der Waals surface area (Å²) in [5, 5.41) is 4.46. The summed E-state index contributed by atoms with van der Waals surface area (Å²) >= 11 is 1.83. The Morgan fingerprint density at radius 3 is 3.05 bits per heavy atom. The van der Waals surface area contributed by atoms with Crippen LogP contribution in [0.2, 0.25) is 0 Å². The molecule has 1 N–H and O–H groups in total. The van der Waals surface area contributed by atoms with E-state index in [2.05, 4.69) is 17.1 Å². The summed E-state index contributed by atoms with van der Waals surface area (Å²) in [4.78, 5) is 8.65. The average molecular weight is 297 g/mol. The quantitative estimate of drug-likeness (QED) is 0.838. The van der Waals surface area contributed by atoms with Gasteiger partial charge < -0.3 is 15.0 Å². The SMILES string of the molecule is CNCc1sc(CCN2CCCC(C)C2)nc1COC. The van der Waals surface area contributed by atoms with Crippen LogP contribution in [0.4, 0.5) is 0 Å². The van der Waals surface area contributed by atoms with Crippen molar-refractivity contribution in [2.24, 2.45) is 5.92 Å². The summed E-state index contributed by atoms with van der Waals surface area (Å²) in [7, 11) is 3.71. The summed E-state index contributed by atoms with van der Waals surface area (Å²) in [5.74, 6) is 0.851. The van der Waals surface area contributed by atoms with Crippen molar-refractivity contribution in [1.29, 1.82) is 0 Å². The number of hydrogen-bond acceptors (Lipinski definition) is 5. The van der Waals surface area contributed by atoms with Crippen molar-refractivity contribution in [2.75, 3.05) is 33.8 Å². The number of rotatable bonds is 7. The highest BCUT2D eigenvalue weighted by molar-refractivity contribution is 7.11. The van der Waals surface area contributed by atoms with Crippen LogP contribution in [-0.2, 0) is 24.3 Å². The van der Waals surface area contributed by atoms with Gasteiger partial charge in [-0.05, 0) is 32.4 Å². The van der Waals surface area contributed by atoms with Crippen molar-refractivity contribution in [3.63, 3.8) is 0 Å². The van der Waals surface area contributed by atoms with Gasteiger partial charge in [0.2, 0.25) is 0 Å². The molecule has 0 bridgehead atoms. The molecule has 114 valence electrons. The third-order valence-electron chi connectivity index (χ3n) is 3.82. The monoisotopic (exact) mass is 297 g/mol. The predicted octanol–water partition coefficient (Wildman–Crippen LogP) is 2.28. The molecule has 0 aromatic carbocycles. The van der Waals surface area contributed by atoms with Crippen molar-refractivity contribution in [2.45, 2.75) is 39.3 Å². The zero-order valence-corrected chi connectivity index (χ0v) is 13.8. The Balaban J connectivity index is 1.90. The Kier molecular flexibility index (Phi) is 6.42. The van der Waals surface area contributed by atoms with Crippen molar-refractivity contribution < 1.29 is 4.74 Å². The normalized spacial score (nSPS) is 20.4. The van der Waals surface area contributed by atoms with Gasteiger partial charge in [0.1, 0.15) is 0 Å². The van der Waals surface area contributed by atoms with Crippen LogP contribution in [0.25, 0.3) is 0 Å². The summed E-state index contributed by atoms with van der Waals surface area (Å²) in [5.41, 5.74) is 1.11. The van der Waals surface area contributed by atoms with Gasteiger partial charge in [0.05, 0.1) is 17.3 Å². The van der Waals surface area contributed by atoms with Gasteiger partial charge in [0, 0.05) is 38.0 Å². The fraction of sp³-hybridized carbons (Fsp3) is 0.800. The van der Waals surface area contributed by atoms with Crippen molar-refractivity contribution >= 4 is 11.3 Å². The standard InChI is InChI=1S/C15H27N3OS/c1-12-5-4-7-18(10-12)8-6-15-17-13(11-19-3)14(20-15)9-16-2/h12,16H,4-11H2,1-3H3. The van der Waals surface area contributed by atoms with Gasteiger partial charge >= 0.3 is 0 Å². The van der Waals surface area contributed by atoms with Gasteiger partial charge in [-0.1, -0.05) is 6.92 Å². The minimum Gasteiger partial charge on any atom is -0.378 e. The molecule has 20 heavy (non-hydrogen) atoms. The van der Waals surface area contributed by atoms with Crippen LogP contribution in [0.15, 0.2) is 0 Å². The Bertz CT molecular complexity index is 384. The smallest absolute Gasteiger partial charge is 0.0945 e. The molecule has 2 rings (SSSR count). The molecule has 5 heteroatoms. The second-order valence-corrected chi connectivity index (χ2v) is 6.91. The third kappa shape index (κ3) is 4.52. The molecule has 1 aromatic rings. The van der Waals surface area contributed by atoms with Crippen molar-refractivity contribution in [3.8, 4) is 0 Å². The zero-order chi connectivity index (χ0) is 14.4. The second kappa shape index (κ2) is 8.08. The first kappa shape index (κ1) is 15.9. The summed E-state index contributed by atoms with van der Waals surface area (Å²) in [6.45, 7) is 7.51. The van der Waals surface area contributed by atoms with E-state index >= 15 is 0 Å². The number of hydrogen-bond donors (Lipinski definition) is 1. The highest BCUT2D eigenvalue weighted by Gasteiger charge is 2.17. The maximum Gasteiger partial charge on any atom is 0.0945 e. The molecular weight excluding hydrogens is 270 g/mol. The Labute approximate surface area is 126 Å². The summed E-state index contributed by atoms with van der Waals surface area (Å²) in [6.07, 6.45) is 3.80. The highest BCUT2D eigenvalue weighted by atomic mass is 32.1. The topological polar surface area (TPSA) is 37.4 Å². The van der Waals surface area contributed by atoms with Crippen molar-refractivity contribution in [1.82, 2.24) is 15.2 Å². The van der Waals surface area contributed by atoms with Gasteiger partial charge in [0.25, 0.3) is 0 Å². The van der Waals surface area contributed by atoms with Crippen LogP contribution in [-0.4, -0.2) is 43.7 Å². The van der Waals surface area contributed by atoms with Gasteiger partial charge in [-0.2, -0.15) is 0 Å². The summed E-state index contributed by atoms with van der Waals surface area (Å²) < 4.78 is 5.24. The molecule has 0 amide bonds. The first-order valence-corrected chi connectivity index (χ1v) is 8.38. The first-order valence-electron chi connectivity index (χ1n) is 7.56. The molecule has 1 saturated heterocycles. The fourth-order valence-corrected chi connectivity index (χ4v) is 3.91. The Morgan fingerprint density at radius 2 is 2.35 bits per heavy atom. The Hall–Kier alpha value is -0.490. The summed E-state index contributed by atoms with van der Waals surface area (Å²) in [6, 6.07) is 0. The maximum absolute atomic E-state index is 5.24. The van der Waals surface area contributed by atoms with E-state index in [-0.39, 0.29) is 0 Å². The number of thiazole rings is 1. The van der Waals surface area contributed by atoms with Crippen LogP contribution < -0.4 is 5.32 Å². The van der Waals surface area contributed by atoms with Gasteiger partial charge in [-0.15, -0.1) is 11.3 Å². The van der Waals surface area contributed by atoms with Crippen LogP contribution >= 0.6 is 11.3 Å². The molecular formula is C15H27N3OS. The molecule has 0 radical (unpaired) electrons. The molecule has 1 unspecified atom stereocenters. The largest absolute Gasteiger partial charge is 0.378 e. The maximum atomic E-state index is 5.24. The lowest BCUT2D eigenvalue weighted by molar-refractivity contribution is 0.180. The third-order valence-corrected chi connectivity index (χ3v) is 4.98. The lowest BCUT2D eigenvalue weighted by atomic mass is 10.0. The van der Waals surface area contributed by atoms with E-state index in [0.29, 0.717) is 6.61 Å². The molecule has 1 aliphatic rings. The van der Waals surface area contributed by atoms with Gasteiger partial charge in [-0.3, -0.25) is 0 Å². The number of ether oxygens (including phenoxy) is 1. The van der Waals surface area contributed by atoms with E-state index in [1.807, 2.05) is 18.4 Å². The average Bonchev–Trinajstić information content (AvgIpc) is 2.80.